The minimum Gasteiger partial charge on any atom is -0.495 e. The molecule has 11 nitrogen and oxygen atoms in total. The van der Waals surface area contributed by atoms with Crippen LogP contribution in [-0.4, -0.2) is 82.9 Å². The number of benzene rings is 1. The van der Waals surface area contributed by atoms with Gasteiger partial charge in [-0.3, -0.25) is 9.36 Å². The number of halogens is 1. The minimum absolute atomic E-state index is 0.123. The van der Waals surface area contributed by atoms with E-state index in [2.05, 4.69) is 20.2 Å². The Bertz CT molecular complexity index is 1240. The Hall–Kier alpha value is -3.86. The second-order valence-corrected chi connectivity index (χ2v) is 9.08. The van der Waals surface area contributed by atoms with Crippen LogP contribution in [0.2, 0.25) is 5.02 Å². The highest BCUT2D eigenvalue weighted by Gasteiger charge is 2.32. The van der Waals surface area contributed by atoms with Gasteiger partial charge in [-0.1, -0.05) is 17.7 Å². The largest absolute Gasteiger partial charge is 0.495 e. The quantitative estimate of drug-likeness (QED) is 0.475. The summed E-state index contributed by atoms with van der Waals surface area (Å²) >= 11 is 6.20. The molecule has 2 aromatic heterocycles. The van der Waals surface area contributed by atoms with Crippen LogP contribution < -0.4 is 15.0 Å². The third kappa shape index (κ3) is 6.48. The van der Waals surface area contributed by atoms with E-state index in [1.807, 2.05) is 31.2 Å². The van der Waals surface area contributed by atoms with E-state index in [-0.39, 0.29) is 18.4 Å². The smallest absolute Gasteiger partial charge is 0.409 e. The van der Waals surface area contributed by atoms with E-state index < -0.39 is 6.09 Å². The molecule has 1 fully saturated rings. The van der Waals surface area contributed by atoms with E-state index in [9.17, 15) is 9.59 Å². The normalized spacial score (nSPS) is 15.4. The number of aryl methyl sites for hydroxylation is 1. The van der Waals surface area contributed by atoms with E-state index in [1.54, 1.807) is 35.3 Å². The molecule has 2 amide bonds. The number of nitrogens with zero attached hydrogens (tertiary/aromatic N) is 6. The summed E-state index contributed by atoms with van der Waals surface area (Å²) in [6.45, 7) is 3.62. The molecule has 1 aliphatic heterocycles. The summed E-state index contributed by atoms with van der Waals surface area (Å²) in [4.78, 5) is 42.1. The van der Waals surface area contributed by atoms with Gasteiger partial charge in [-0.25, -0.2) is 14.8 Å². The van der Waals surface area contributed by atoms with Crippen molar-refractivity contribution in [1.29, 1.82) is 0 Å². The molecule has 0 spiro atoms. The molecule has 3 heterocycles. The number of carbonyl (C=O) groups excluding carboxylic acids is 2. The predicted molar refractivity (Wildman–Crippen MR) is 138 cm³/mol. The molecule has 1 aliphatic rings. The molecule has 1 aromatic carbocycles. The van der Waals surface area contributed by atoms with E-state index in [1.165, 1.54) is 7.11 Å². The molecule has 3 aromatic rings. The number of amides is 2. The number of hydrogen-bond donors (Lipinski definition) is 1. The van der Waals surface area contributed by atoms with Gasteiger partial charge in [-0.15, -0.1) is 0 Å². The Kier molecular flexibility index (Phi) is 8.44. The molecule has 196 valence electrons. The van der Waals surface area contributed by atoms with Crippen LogP contribution in [-0.2, 0) is 16.0 Å². The lowest BCUT2D eigenvalue weighted by atomic mass is 10.1. The molecule has 4 rings (SSSR count). The van der Waals surface area contributed by atoms with Crippen molar-refractivity contribution in [3.8, 4) is 11.7 Å². The highest BCUT2D eigenvalue weighted by molar-refractivity contribution is 6.32. The molecule has 1 unspecified atom stereocenters. The molecule has 1 atom stereocenters. The fourth-order valence-corrected chi connectivity index (χ4v) is 4.58. The predicted octanol–water partition coefficient (Wildman–Crippen LogP) is 2.64. The van der Waals surface area contributed by atoms with Crippen LogP contribution in [0, 0.1) is 6.92 Å². The maximum absolute atomic E-state index is 12.9. The highest BCUT2D eigenvalue weighted by atomic mass is 35.5. The number of piperazine rings is 1. The number of methoxy groups -OCH3 is 2. The van der Waals surface area contributed by atoms with Crippen molar-refractivity contribution in [1.82, 2.24) is 29.7 Å². The van der Waals surface area contributed by atoms with Gasteiger partial charge in [0.05, 0.1) is 25.3 Å². The van der Waals surface area contributed by atoms with Crippen LogP contribution in [0.15, 0.2) is 43.0 Å². The summed E-state index contributed by atoms with van der Waals surface area (Å²) in [5.74, 6) is 1.66. The lowest BCUT2D eigenvalue weighted by Gasteiger charge is -2.41. The van der Waals surface area contributed by atoms with Crippen molar-refractivity contribution in [2.24, 2.45) is 0 Å². The highest BCUT2D eigenvalue weighted by Crippen LogP contribution is 2.25. The molecule has 0 saturated carbocycles. The Labute approximate surface area is 220 Å². The SMILES string of the molecule is COC(=O)N1CCN(c2cc(C)nc(-n3ccnc3)n2)C(CC(=O)NCCc2ccc(OC)c(Cl)c2)C1. The first-order valence-corrected chi connectivity index (χ1v) is 12.3. The van der Waals surface area contributed by atoms with E-state index in [0.29, 0.717) is 55.1 Å². The number of imidazole rings is 1. The average Bonchev–Trinajstić information content (AvgIpc) is 3.43. The maximum atomic E-state index is 12.9. The van der Waals surface area contributed by atoms with Crippen LogP contribution in [0.3, 0.4) is 0 Å². The zero-order valence-corrected chi connectivity index (χ0v) is 21.8. The second kappa shape index (κ2) is 11.9. The summed E-state index contributed by atoms with van der Waals surface area (Å²) in [6.07, 6.45) is 5.45. The topological polar surface area (TPSA) is 115 Å². The number of carbonyl (C=O) groups is 2. The van der Waals surface area contributed by atoms with Gasteiger partial charge in [0.25, 0.3) is 0 Å². The fourth-order valence-electron chi connectivity index (χ4n) is 4.30. The number of anilines is 1. The number of hydrogen-bond acceptors (Lipinski definition) is 8. The molecule has 0 radical (unpaired) electrons. The Morgan fingerprint density at radius 3 is 2.73 bits per heavy atom. The van der Waals surface area contributed by atoms with Gasteiger partial charge in [-0.2, -0.15) is 4.98 Å². The molecule has 1 N–H and O–H groups in total. The standard InChI is InChI=1S/C25H30ClN7O4/c1-17-12-22(30-24(29-17)32-9-8-27-16-32)33-11-10-31(25(35)37-3)15-19(33)14-23(34)28-7-6-18-4-5-21(36-2)20(26)13-18/h4-5,8-9,12-13,16,19H,6-7,10-11,14-15H2,1-3H3,(H,28,34). The van der Waals surface area contributed by atoms with Crippen LogP contribution in [0.1, 0.15) is 17.7 Å². The molecule has 1 saturated heterocycles. The van der Waals surface area contributed by atoms with E-state index >= 15 is 0 Å². The summed E-state index contributed by atoms with van der Waals surface area (Å²) in [5, 5.41) is 3.51. The Morgan fingerprint density at radius 2 is 2.03 bits per heavy atom. The van der Waals surface area contributed by atoms with Gasteiger partial charge in [0, 0.05) is 56.8 Å². The van der Waals surface area contributed by atoms with Crippen LogP contribution in [0.5, 0.6) is 5.75 Å². The minimum atomic E-state index is -0.417. The zero-order chi connectivity index (χ0) is 26.4. The van der Waals surface area contributed by atoms with Crippen LogP contribution in [0.25, 0.3) is 5.95 Å². The van der Waals surface area contributed by atoms with Gasteiger partial charge in [0.15, 0.2) is 0 Å². The van der Waals surface area contributed by atoms with Gasteiger partial charge in [0.2, 0.25) is 11.9 Å². The Morgan fingerprint density at radius 1 is 1.19 bits per heavy atom. The number of rotatable bonds is 8. The van der Waals surface area contributed by atoms with Crippen LogP contribution >= 0.6 is 11.6 Å². The molecular weight excluding hydrogens is 498 g/mol. The third-order valence-corrected chi connectivity index (χ3v) is 6.44. The van der Waals surface area contributed by atoms with E-state index in [4.69, 9.17) is 26.1 Å². The molecule has 37 heavy (non-hydrogen) atoms. The van der Waals surface area contributed by atoms with Gasteiger partial charge < -0.3 is 24.6 Å². The van der Waals surface area contributed by atoms with Crippen molar-refractivity contribution < 1.29 is 19.1 Å². The number of aromatic nitrogens is 4. The average molecular weight is 528 g/mol. The van der Waals surface area contributed by atoms with E-state index in [0.717, 1.165) is 11.3 Å². The molecular formula is C25H30ClN7O4. The van der Waals surface area contributed by atoms with Crippen LogP contribution in [0.4, 0.5) is 10.6 Å². The number of nitrogens with one attached hydrogen (secondary N) is 1. The summed E-state index contributed by atoms with van der Waals surface area (Å²) in [5.41, 5.74) is 1.77. The lowest BCUT2D eigenvalue weighted by molar-refractivity contribution is -0.121. The monoisotopic (exact) mass is 527 g/mol. The van der Waals surface area contributed by atoms with Gasteiger partial charge in [-0.05, 0) is 31.0 Å². The first kappa shape index (κ1) is 26.2. The number of ether oxygens (including phenoxy) is 2. The molecule has 0 aliphatic carbocycles. The molecule has 12 heteroatoms. The van der Waals surface area contributed by atoms with Crippen molar-refractivity contribution in [3.63, 3.8) is 0 Å². The lowest BCUT2D eigenvalue weighted by Crippen LogP contribution is -2.56. The van der Waals surface area contributed by atoms with Crippen molar-refractivity contribution in [3.05, 3.63) is 59.3 Å². The summed E-state index contributed by atoms with van der Waals surface area (Å²) in [6, 6.07) is 7.14. The molecule has 0 bridgehead atoms. The first-order chi connectivity index (χ1) is 17.9. The second-order valence-electron chi connectivity index (χ2n) is 8.67. The summed E-state index contributed by atoms with van der Waals surface area (Å²) in [7, 11) is 2.92. The third-order valence-electron chi connectivity index (χ3n) is 6.15. The zero-order valence-electron chi connectivity index (χ0n) is 21.1. The maximum Gasteiger partial charge on any atom is 0.409 e. The Balaban J connectivity index is 1.46. The first-order valence-electron chi connectivity index (χ1n) is 11.9. The van der Waals surface area contributed by atoms with Crippen molar-refractivity contribution >= 4 is 29.4 Å². The summed E-state index contributed by atoms with van der Waals surface area (Å²) < 4.78 is 11.8. The van der Waals surface area contributed by atoms with Crippen molar-refractivity contribution in [2.45, 2.75) is 25.8 Å². The van der Waals surface area contributed by atoms with Crippen molar-refractivity contribution in [2.75, 3.05) is 45.3 Å². The fraction of sp³-hybridized carbons (Fsp3) is 0.400. The van der Waals surface area contributed by atoms with Gasteiger partial charge in [0.1, 0.15) is 17.9 Å². The van der Waals surface area contributed by atoms with Gasteiger partial charge >= 0.3 is 6.09 Å².